The van der Waals surface area contributed by atoms with Crippen molar-refractivity contribution in [2.24, 2.45) is 0 Å². The lowest BCUT2D eigenvalue weighted by Crippen LogP contribution is -2.00. The van der Waals surface area contributed by atoms with Crippen molar-refractivity contribution in [3.63, 3.8) is 0 Å². The molecule has 0 aliphatic heterocycles. The molecule has 3 heteroatoms. The van der Waals surface area contributed by atoms with Crippen LogP contribution in [0.2, 0.25) is 5.02 Å². The van der Waals surface area contributed by atoms with E-state index in [1.807, 2.05) is 30.3 Å². The number of hydrogen-bond acceptors (Lipinski definition) is 2. The number of halogens is 1. The highest BCUT2D eigenvalue weighted by molar-refractivity contribution is 7.24. The average Bonchev–Trinajstić information content (AvgIpc) is 2.39. The molecule has 3 rings (SSSR count). The van der Waals surface area contributed by atoms with Crippen LogP contribution in [0.25, 0.3) is 26.2 Å². The zero-order valence-corrected chi connectivity index (χ0v) is 11.0. The number of benzene rings is 2. The summed E-state index contributed by atoms with van der Waals surface area (Å²) in [7, 11) is 0. The van der Waals surface area contributed by atoms with E-state index in [9.17, 15) is 4.79 Å². The summed E-state index contributed by atoms with van der Waals surface area (Å²) in [6.45, 7) is 3.74. The van der Waals surface area contributed by atoms with Crippen molar-refractivity contribution < 1.29 is 0 Å². The lowest BCUT2D eigenvalue weighted by atomic mass is 10.1. The summed E-state index contributed by atoms with van der Waals surface area (Å²) in [6, 6.07) is 11.2. The molecule has 1 heterocycles. The Morgan fingerprint density at radius 1 is 1.06 bits per heavy atom. The SMILES string of the molecule is C=Cc1ccc2c(=O)c3cc(Cl)ccc3sc2c1. The van der Waals surface area contributed by atoms with E-state index in [-0.39, 0.29) is 5.43 Å². The molecule has 0 aliphatic rings. The monoisotopic (exact) mass is 272 g/mol. The van der Waals surface area contributed by atoms with Crippen LogP contribution in [-0.4, -0.2) is 0 Å². The zero-order chi connectivity index (χ0) is 12.7. The maximum absolute atomic E-state index is 12.4. The summed E-state index contributed by atoms with van der Waals surface area (Å²) in [4.78, 5) is 12.4. The minimum absolute atomic E-state index is 0.0388. The molecule has 0 radical (unpaired) electrons. The third-order valence-corrected chi connectivity index (χ3v) is 4.26. The van der Waals surface area contributed by atoms with Gasteiger partial charge in [-0.15, -0.1) is 11.3 Å². The minimum atomic E-state index is 0.0388. The molecule has 3 aromatic rings. The second kappa shape index (κ2) is 4.23. The predicted octanol–water partition coefficient (Wildman–Crippen LogP) is 4.71. The molecule has 0 amide bonds. The van der Waals surface area contributed by atoms with Gasteiger partial charge in [-0.2, -0.15) is 0 Å². The van der Waals surface area contributed by atoms with E-state index in [1.165, 1.54) is 0 Å². The van der Waals surface area contributed by atoms with Crippen molar-refractivity contribution in [3.8, 4) is 0 Å². The Morgan fingerprint density at radius 3 is 2.67 bits per heavy atom. The number of hydrogen-bond donors (Lipinski definition) is 0. The van der Waals surface area contributed by atoms with Crippen molar-refractivity contribution in [2.75, 3.05) is 0 Å². The first-order valence-electron chi connectivity index (χ1n) is 5.47. The van der Waals surface area contributed by atoms with E-state index in [1.54, 1.807) is 23.5 Å². The Hall–Kier alpha value is -1.64. The first-order valence-corrected chi connectivity index (χ1v) is 6.67. The fraction of sp³-hybridized carbons (Fsp3) is 0. The van der Waals surface area contributed by atoms with Gasteiger partial charge >= 0.3 is 0 Å². The molecule has 1 nitrogen and oxygen atoms in total. The molecule has 0 atom stereocenters. The Kier molecular flexibility index (Phi) is 2.69. The first kappa shape index (κ1) is 11.5. The van der Waals surface area contributed by atoms with Crippen molar-refractivity contribution >= 4 is 49.2 Å². The van der Waals surface area contributed by atoms with Gasteiger partial charge in [0.05, 0.1) is 0 Å². The predicted molar refractivity (Wildman–Crippen MR) is 80.7 cm³/mol. The quantitative estimate of drug-likeness (QED) is 0.586. The summed E-state index contributed by atoms with van der Waals surface area (Å²) in [5.41, 5.74) is 1.06. The van der Waals surface area contributed by atoms with Gasteiger partial charge in [0.15, 0.2) is 5.43 Å². The molecule has 0 spiro atoms. The van der Waals surface area contributed by atoms with Crippen LogP contribution in [0.3, 0.4) is 0 Å². The van der Waals surface area contributed by atoms with Crippen LogP contribution < -0.4 is 5.43 Å². The van der Waals surface area contributed by atoms with Crippen LogP contribution >= 0.6 is 22.9 Å². The van der Waals surface area contributed by atoms with E-state index in [0.717, 1.165) is 20.3 Å². The van der Waals surface area contributed by atoms with Gasteiger partial charge in [0, 0.05) is 25.2 Å². The van der Waals surface area contributed by atoms with Gasteiger partial charge in [0.2, 0.25) is 0 Å². The van der Waals surface area contributed by atoms with Crippen LogP contribution in [0.15, 0.2) is 47.8 Å². The molecule has 2 aromatic carbocycles. The lowest BCUT2D eigenvalue weighted by molar-refractivity contribution is 1.72. The smallest absolute Gasteiger partial charge is 0.195 e. The highest BCUT2D eigenvalue weighted by atomic mass is 35.5. The molecule has 0 saturated carbocycles. The molecule has 0 saturated heterocycles. The van der Waals surface area contributed by atoms with E-state index < -0.39 is 0 Å². The Bertz CT molecular complexity index is 833. The average molecular weight is 273 g/mol. The molecule has 0 aliphatic carbocycles. The molecule has 0 unspecified atom stereocenters. The Balaban J connectivity index is 2.51. The molecule has 0 fully saturated rings. The van der Waals surface area contributed by atoms with E-state index in [4.69, 9.17) is 11.6 Å². The van der Waals surface area contributed by atoms with Crippen LogP contribution in [0.1, 0.15) is 5.56 Å². The zero-order valence-electron chi connectivity index (χ0n) is 9.44. The largest absolute Gasteiger partial charge is 0.289 e. The Labute approximate surface area is 113 Å². The van der Waals surface area contributed by atoms with Crippen LogP contribution in [0.4, 0.5) is 0 Å². The summed E-state index contributed by atoms with van der Waals surface area (Å²) >= 11 is 7.54. The fourth-order valence-electron chi connectivity index (χ4n) is 1.97. The normalized spacial score (nSPS) is 10.9. The number of rotatable bonds is 1. The van der Waals surface area contributed by atoms with Gasteiger partial charge in [-0.1, -0.05) is 30.3 Å². The van der Waals surface area contributed by atoms with Crippen molar-refractivity contribution in [1.29, 1.82) is 0 Å². The fourth-order valence-corrected chi connectivity index (χ4v) is 3.24. The van der Waals surface area contributed by atoms with E-state index >= 15 is 0 Å². The van der Waals surface area contributed by atoms with Gasteiger partial charge in [0.25, 0.3) is 0 Å². The van der Waals surface area contributed by atoms with E-state index in [0.29, 0.717) is 10.4 Å². The lowest BCUT2D eigenvalue weighted by Gasteiger charge is -2.02. The standard InChI is InChI=1S/C15H9ClOS/c1-2-9-3-5-11-14(7-9)18-13-6-4-10(16)8-12(13)15(11)17/h2-8H,1H2. The van der Waals surface area contributed by atoms with Crippen LogP contribution in [0, 0.1) is 0 Å². The van der Waals surface area contributed by atoms with Gasteiger partial charge in [-0.3, -0.25) is 4.79 Å². The summed E-state index contributed by atoms with van der Waals surface area (Å²) in [5, 5.41) is 2.01. The first-order chi connectivity index (χ1) is 8.69. The summed E-state index contributed by atoms with van der Waals surface area (Å²) in [5.74, 6) is 0. The van der Waals surface area contributed by atoms with Gasteiger partial charge < -0.3 is 0 Å². The van der Waals surface area contributed by atoms with Crippen molar-refractivity contribution in [2.45, 2.75) is 0 Å². The molecule has 0 N–H and O–H groups in total. The third kappa shape index (κ3) is 1.74. The van der Waals surface area contributed by atoms with Crippen LogP contribution in [-0.2, 0) is 0 Å². The minimum Gasteiger partial charge on any atom is -0.289 e. The highest BCUT2D eigenvalue weighted by Gasteiger charge is 2.06. The summed E-state index contributed by atoms with van der Waals surface area (Å²) in [6.07, 6.45) is 1.78. The third-order valence-electron chi connectivity index (χ3n) is 2.89. The molecule has 88 valence electrons. The van der Waals surface area contributed by atoms with Crippen LogP contribution in [0.5, 0.6) is 0 Å². The molecular formula is C15H9ClOS. The maximum Gasteiger partial charge on any atom is 0.195 e. The topological polar surface area (TPSA) is 17.1 Å². The van der Waals surface area contributed by atoms with Gasteiger partial charge in [-0.25, -0.2) is 0 Å². The second-order valence-electron chi connectivity index (χ2n) is 4.03. The maximum atomic E-state index is 12.4. The molecule has 1 aromatic heterocycles. The molecule has 0 bridgehead atoms. The number of fused-ring (bicyclic) bond motifs is 2. The molecule has 18 heavy (non-hydrogen) atoms. The van der Waals surface area contributed by atoms with Gasteiger partial charge in [0.1, 0.15) is 0 Å². The Morgan fingerprint density at radius 2 is 1.89 bits per heavy atom. The summed E-state index contributed by atoms with van der Waals surface area (Å²) < 4.78 is 1.94. The second-order valence-corrected chi connectivity index (χ2v) is 5.55. The highest BCUT2D eigenvalue weighted by Crippen LogP contribution is 2.27. The van der Waals surface area contributed by atoms with Gasteiger partial charge in [-0.05, 0) is 35.9 Å². The van der Waals surface area contributed by atoms with Crippen molar-refractivity contribution in [3.05, 3.63) is 63.8 Å². The molecular weight excluding hydrogens is 264 g/mol. The van der Waals surface area contributed by atoms with E-state index in [2.05, 4.69) is 6.58 Å². The van der Waals surface area contributed by atoms with Crippen molar-refractivity contribution in [1.82, 2.24) is 0 Å².